The van der Waals surface area contributed by atoms with E-state index in [1.54, 1.807) is 24.3 Å². The second-order valence-electron chi connectivity index (χ2n) is 4.28. The van der Waals surface area contributed by atoms with Gasteiger partial charge in [-0.25, -0.2) is 0 Å². The van der Waals surface area contributed by atoms with Gasteiger partial charge < -0.3 is 9.94 Å². The molecule has 0 aliphatic carbocycles. The summed E-state index contributed by atoms with van der Waals surface area (Å²) >= 11 is 0. The average Bonchev–Trinajstić information content (AvgIpc) is 2.46. The summed E-state index contributed by atoms with van der Waals surface area (Å²) in [5, 5.41) is 12.2. The van der Waals surface area contributed by atoms with Crippen molar-refractivity contribution < 1.29 is 18.4 Å². The van der Waals surface area contributed by atoms with Crippen molar-refractivity contribution in [3.8, 4) is 0 Å². The van der Waals surface area contributed by atoms with Gasteiger partial charge >= 0.3 is 10.2 Å². The lowest BCUT2D eigenvalue weighted by Gasteiger charge is -2.30. The first-order valence-electron chi connectivity index (χ1n) is 6.16. The third-order valence-corrected chi connectivity index (χ3v) is 4.57. The molecule has 2 rings (SSSR count). The Morgan fingerprint density at radius 1 is 1.45 bits per heavy atom. The molecule has 0 bridgehead atoms. The predicted octanol–water partition coefficient (Wildman–Crippen LogP) is 0.556. The van der Waals surface area contributed by atoms with Gasteiger partial charge in [0.2, 0.25) is 0 Å². The number of anilines is 1. The number of benzene rings is 1. The zero-order valence-electron chi connectivity index (χ0n) is 11.1. The zero-order valence-corrected chi connectivity index (χ0v) is 11.9. The van der Waals surface area contributed by atoms with Gasteiger partial charge in [0.05, 0.1) is 18.0 Å². The number of para-hydroxylation sites is 1. The van der Waals surface area contributed by atoms with Crippen LogP contribution in [0.25, 0.3) is 0 Å². The fourth-order valence-corrected chi connectivity index (χ4v) is 3.35. The monoisotopic (exact) mass is 299 g/mol. The number of nitrogens with one attached hydrogen (secondary N) is 1. The minimum Gasteiger partial charge on any atom is -0.411 e. The van der Waals surface area contributed by atoms with Crippen LogP contribution >= 0.6 is 0 Å². The number of rotatable bonds is 5. The SMILES string of the molecule is COCCNS(=O)(=O)N1CC/C(=N/O)c2ccccc21. The summed E-state index contributed by atoms with van der Waals surface area (Å²) < 4.78 is 33.1. The lowest BCUT2D eigenvalue weighted by molar-refractivity contribution is 0.204. The van der Waals surface area contributed by atoms with Gasteiger partial charge in [-0.2, -0.15) is 13.1 Å². The van der Waals surface area contributed by atoms with Crippen LogP contribution in [0.5, 0.6) is 0 Å². The molecule has 0 saturated heterocycles. The van der Waals surface area contributed by atoms with Crippen LogP contribution < -0.4 is 9.03 Å². The standard InChI is InChI=1S/C12H17N3O4S/c1-19-9-7-13-20(17,18)15-8-6-11(14-16)10-4-2-3-5-12(10)15/h2-5,13,16H,6-9H2,1H3/b14-11-. The maximum Gasteiger partial charge on any atom is 0.301 e. The summed E-state index contributed by atoms with van der Waals surface area (Å²) in [4.78, 5) is 0. The van der Waals surface area contributed by atoms with Crippen molar-refractivity contribution in [2.24, 2.45) is 5.16 Å². The first kappa shape index (κ1) is 14.8. The van der Waals surface area contributed by atoms with Crippen LogP contribution in [-0.2, 0) is 14.9 Å². The van der Waals surface area contributed by atoms with Crippen LogP contribution in [0.2, 0.25) is 0 Å². The van der Waals surface area contributed by atoms with E-state index >= 15 is 0 Å². The van der Waals surface area contributed by atoms with Crippen molar-refractivity contribution >= 4 is 21.6 Å². The Morgan fingerprint density at radius 3 is 2.90 bits per heavy atom. The van der Waals surface area contributed by atoms with E-state index in [9.17, 15) is 8.42 Å². The highest BCUT2D eigenvalue weighted by Crippen LogP contribution is 2.28. The number of nitrogens with zero attached hydrogens (tertiary/aromatic N) is 2. The molecule has 1 heterocycles. The van der Waals surface area contributed by atoms with Crippen LogP contribution in [-0.4, -0.2) is 46.1 Å². The van der Waals surface area contributed by atoms with Gasteiger partial charge in [-0.15, -0.1) is 0 Å². The van der Waals surface area contributed by atoms with Crippen LogP contribution in [0.3, 0.4) is 0 Å². The topological polar surface area (TPSA) is 91.2 Å². The summed E-state index contributed by atoms with van der Waals surface area (Å²) in [6.45, 7) is 0.745. The molecular formula is C12H17N3O4S. The first-order chi connectivity index (χ1) is 9.60. The smallest absolute Gasteiger partial charge is 0.301 e. The van der Waals surface area contributed by atoms with Crippen molar-refractivity contribution in [1.82, 2.24) is 4.72 Å². The maximum atomic E-state index is 12.3. The van der Waals surface area contributed by atoms with Crippen molar-refractivity contribution in [3.63, 3.8) is 0 Å². The molecule has 0 fully saturated rings. The molecule has 0 radical (unpaired) electrons. The minimum absolute atomic E-state index is 0.207. The maximum absolute atomic E-state index is 12.3. The fraction of sp³-hybridized carbons (Fsp3) is 0.417. The summed E-state index contributed by atoms with van der Waals surface area (Å²) in [6.07, 6.45) is 0.360. The minimum atomic E-state index is -3.63. The molecule has 0 spiro atoms. The Bertz CT molecular complexity index is 600. The number of ether oxygens (including phenoxy) is 1. The van der Waals surface area contributed by atoms with Crippen LogP contribution in [0, 0.1) is 0 Å². The highest BCUT2D eigenvalue weighted by atomic mass is 32.2. The summed E-state index contributed by atoms with van der Waals surface area (Å²) in [6, 6.07) is 6.95. The van der Waals surface area contributed by atoms with E-state index in [-0.39, 0.29) is 13.1 Å². The highest BCUT2D eigenvalue weighted by molar-refractivity contribution is 7.90. The molecule has 8 heteroatoms. The normalized spacial score (nSPS) is 17.2. The van der Waals surface area contributed by atoms with Crippen molar-refractivity contribution in [2.45, 2.75) is 6.42 Å². The van der Waals surface area contributed by atoms with E-state index < -0.39 is 10.2 Å². The van der Waals surface area contributed by atoms with E-state index in [4.69, 9.17) is 9.94 Å². The molecule has 2 N–H and O–H groups in total. The number of hydrogen-bond acceptors (Lipinski definition) is 5. The third kappa shape index (κ3) is 2.92. The number of methoxy groups -OCH3 is 1. The highest BCUT2D eigenvalue weighted by Gasteiger charge is 2.29. The Kier molecular flexibility index (Phi) is 4.58. The lowest BCUT2D eigenvalue weighted by Crippen LogP contribution is -2.45. The zero-order chi connectivity index (χ0) is 14.6. The van der Waals surface area contributed by atoms with Crippen LogP contribution in [0.1, 0.15) is 12.0 Å². The largest absolute Gasteiger partial charge is 0.411 e. The molecule has 1 aliphatic heterocycles. The summed E-state index contributed by atoms with van der Waals surface area (Å²) in [5.41, 5.74) is 1.62. The van der Waals surface area contributed by atoms with Gasteiger partial charge in [-0.1, -0.05) is 23.4 Å². The molecule has 0 atom stereocenters. The Labute approximate surface area is 118 Å². The van der Waals surface area contributed by atoms with E-state index in [1.807, 2.05) is 0 Å². The molecule has 1 aromatic carbocycles. The Morgan fingerprint density at radius 2 is 2.20 bits per heavy atom. The number of fused-ring (bicyclic) bond motifs is 1. The van der Waals surface area contributed by atoms with Crippen LogP contribution in [0.4, 0.5) is 5.69 Å². The van der Waals surface area contributed by atoms with Gasteiger partial charge in [0.1, 0.15) is 0 Å². The molecule has 7 nitrogen and oxygen atoms in total. The van der Waals surface area contributed by atoms with Crippen molar-refractivity contribution in [3.05, 3.63) is 29.8 Å². The van der Waals surface area contributed by atoms with E-state index in [1.165, 1.54) is 11.4 Å². The Hall–Kier alpha value is -1.64. The Balaban J connectivity index is 2.30. The fourth-order valence-electron chi connectivity index (χ4n) is 2.10. The molecule has 0 unspecified atom stereocenters. The molecule has 1 aromatic rings. The summed E-state index contributed by atoms with van der Waals surface area (Å²) in [5.74, 6) is 0. The summed E-state index contributed by atoms with van der Waals surface area (Å²) in [7, 11) is -2.13. The van der Waals surface area contributed by atoms with E-state index in [0.29, 0.717) is 30.0 Å². The quantitative estimate of drug-likeness (QED) is 0.472. The molecular weight excluding hydrogens is 282 g/mol. The lowest BCUT2D eigenvalue weighted by atomic mass is 10.0. The van der Waals surface area contributed by atoms with Gasteiger partial charge in [0.15, 0.2) is 0 Å². The predicted molar refractivity (Wildman–Crippen MR) is 75.5 cm³/mol. The first-order valence-corrected chi connectivity index (χ1v) is 7.60. The van der Waals surface area contributed by atoms with E-state index in [2.05, 4.69) is 9.88 Å². The van der Waals surface area contributed by atoms with Crippen molar-refractivity contribution in [1.29, 1.82) is 0 Å². The van der Waals surface area contributed by atoms with Gasteiger partial charge in [-0.3, -0.25) is 4.31 Å². The molecule has 0 aromatic heterocycles. The molecule has 0 amide bonds. The van der Waals surface area contributed by atoms with Gasteiger partial charge in [0, 0.05) is 32.2 Å². The van der Waals surface area contributed by atoms with Crippen LogP contribution in [0.15, 0.2) is 29.4 Å². The van der Waals surface area contributed by atoms with Gasteiger partial charge in [-0.05, 0) is 6.07 Å². The average molecular weight is 299 g/mol. The van der Waals surface area contributed by atoms with E-state index in [0.717, 1.165) is 0 Å². The molecule has 110 valence electrons. The molecule has 20 heavy (non-hydrogen) atoms. The third-order valence-electron chi connectivity index (χ3n) is 3.04. The number of hydrogen-bond donors (Lipinski definition) is 2. The van der Waals surface area contributed by atoms with Gasteiger partial charge in [0.25, 0.3) is 0 Å². The second-order valence-corrected chi connectivity index (χ2v) is 5.96. The number of oxime groups is 1. The second kappa shape index (κ2) is 6.21. The molecule has 1 aliphatic rings. The molecule has 0 saturated carbocycles. The van der Waals surface area contributed by atoms with Crippen molar-refractivity contribution in [2.75, 3.05) is 31.1 Å².